The Balaban J connectivity index is 1.49. The molecule has 1 N–H and O–H groups in total. The minimum absolute atomic E-state index is 0.617. The lowest BCUT2D eigenvalue weighted by atomic mass is 9.93. The molecule has 4 heteroatoms. The third kappa shape index (κ3) is 2.45. The van der Waals surface area contributed by atoms with Crippen LogP contribution in [0.3, 0.4) is 0 Å². The number of rotatable bonds is 2. The second-order valence-electron chi connectivity index (χ2n) is 6.09. The van der Waals surface area contributed by atoms with Gasteiger partial charge in [-0.2, -0.15) is 0 Å². The highest BCUT2D eigenvalue weighted by atomic mass is 15.2. The number of benzene rings is 1. The third-order valence-electron chi connectivity index (χ3n) is 4.60. The van der Waals surface area contributed by atoms with Gasteiger partial charge in [-0.3, -0.25) is 0 Å². The lowest BCUT2D eigenvalue weighted by Crippen LogP contribution is -2.33. The van der Waals surface area contributed by atoms with Crippen molar-refractivity contribution < 1.29 is 0 Å². The largest absolute Gasteiger partial charge is 0.358 e. The highest BCUT2D eigenvalue weighted by Gasteiger charge is 2.22. The number of hydrogen-bond donors (Lipinski definition) is 1. The zero-order valence-corrected chi connectivity index (χ0v) is 12.8. The Bertz CT molecular complexity index is 751. The zero-order chi connectivity index (χ0) is 14.9. The van der Waals surface area contributed by atoms with Crippen molar-refractivity contribution >= 4 is 16.7 Å². The number of aromatic amines is 1. The Kier molecular flexibility index (Phi) is 3.29. The van der Waals surface area contributed by atoms with Crippen molar-refractivity contribution in [2.75, 3.05) is 18.0 Å². The fourth-order valence-corrected chi connectivity index (χ4v) is 3.35. The van der Waals surface area contributed by atoms with Crippen LogP contribution in [-0.4, -0.2) is 28.0 Å². The minimum Gasteiger partial charge on any atom is -0.358 e. The Morgan fingerprint density at radius 2 is 1.91 bits per heavy atom. The molecule has 1 aromatic carbocycles. The number of nitrogens with zero attached hydrogens (tertiary/aromatic N) is 3. The summed E-state index contributed by atoms with van der Waals surface area (Å²) in [5.74, 6) is 1.68. The molecule has 1 aliphatic heterocycles. The van der Waals surface area contributed by atoms with E-state index in [0.717, 1.165) is 37.4 Å². The molecule has 3 heterocycles. The van der Waals surface area contributed by atoms with Crippen molar-refractivity contribution in [1.82, 2.24) is 15.0 Å². The van der Waals surface area contributed by atoms with E-state index in [0.29, 0.717) is 5.92 Å². The van der Waals surface area contributed by atoms with E-state index in [2.05, 4.69) is 56.3 Å². The average Bonchev–Trinajstić information content (AvgIpc) is 2.99. The Morgan fingerprint density at radius 1 is 1.09 bits per heavy atom. The summed E-state index contributed by atoms with van der Waals surface area (Å²) in [5.41, 5.74) is 3.65. The van der Waals surface area contributed by atoms with Crippen LogP contribution in [0.15, 0.2) is 42.7 Å². The van der Waals surface area contributed by atoms with E-state index >= 15 is 0 Å². The molecule has 0 unspecified atom stereocenters. The van der Waals surface area contributed by atoms with Crippen LogP contribution in [0.25, 0.3) is 10.9 Å². The lowest BCUT2D eigenvalue weighted by Gasteiger charge is -2.32. The second-order valence-corrected chi connectivity index (χ2v) is 6.09. The first-order chi connectivity index (χ1) is 10.8. The molecule has 0 radical (unpaired) electrons. The number of H-pyrrole nitrogens is 1. The van der Waals surface area contributed by atoms with Gasteiger partial charge in [0.2, 0.25) is 0 Å². The van der Waals surface area contributed by atoms with E-state index in [9.17, 15) is 0 Å². The van der Waals surface area contributed by atoms with Crippen LogP contribution >= 0.6 is 0 Å². The van der Waals surface area contributed by atoms with Gasteiger partial charge in [0.05, 0.1) is 0 Å². The normalized spacial score (nSPS) is 16.3. The highest BCUT2D eigenvalue weighted by molar-refractivity contribution is 5.80. The Morgan fingerprint density at radius 3 is 2.68 bits per heavy atom. The Hall–Kier alpha value is -2.36. The van der Waals surface area contributed by atoms with E-state index < -0.39 is 0 Å². The number of anilines is 1. The van der Waals surface area contributed by atoms with Crippen LogP contribution in [0.2, 0.25) is 0 Å². The summed E-state index contributed by atoms with van der Waals surface area (Å²) in [6, 6.07) is 12.9. The summed E-state index contributed by atoms with van der Waals surface area (Å²) in [4.78, 5) is 14.5. The van der Waals surface area contributed by atoms with Gasteiger partial charge < -0.3 is 9.88 Å². The second kappa shape index (κ2) is 5.44. The molecular weight excluding hydrogens is 272 g/mol. The number of piperidine rings is 1. The van der Waals surface area contributed by atoms with Gasteiger partial charge >= 0.3 is 0 Å². The number of aromatic nitrogens is 3. The van der Waals surface area contributed by atoms with Gasteiger partial charge in [0.15, 0.2) is 0 Å². The van der Waals surface area contributed by atoms with Gasteiger partial charge in [-0.25, -0.2) is 9.97 Å². The molecule has 4 nitrogen and oxygen atoms in total. The lowest BCUT2D eigenvalue weighted by molar-refractivity contribution is 0.495. The minimum atomic E-state index is 0.617. The molecule has 1 fully saturated rings. The molecule has 2 aromatic heterocycles. The molecule has 0 saturated carbocycles. The van der Waals surface area contributed by atoms with Crippen molar-refractivity contribution in [3.63, 3.8) is 0 Å². The monoisotopic (exact) mass is 292 g/mol. The van der Waals surface area contributed by atoms with Crippen molar-refractivity contribution in [3.05, 3.63) is 54.1 Å². The predicted molar refractivity (Wildman–Crippen MR) is 89.3 cm³/mol. The first kappa shape index (κ1) is 13.3. The van der Waals surface area contributed by atoms with Gasteiger partial charge in [-0.1, -0.05) is 18.2 Å². The molecule has 1 saturated heterocycles. The van der Waals surface area contributed by atoms with Gasteiger partial charge in [0.1, 0.15) is 12.1 Å². The molecule has 1 aliphatic rings. The molecular formula is C18H20N4. The van der Waals surface area contributed by atoms with Crippen molar-refractivity contribution in [2.45, 2.75) is 25.7 Å². The third-order valence-corrected chi connectivity index (χ3v) is 4.60. The molecule has 0 atom stereocenters. The van der Waals surface area contributed by atoms with Crippen LogP contribution in [0.4, 0.5) is 5.82 Å². The highest BCUT2D eigenvalue weighted by Crippen LogP contribution is 2.31. The molecule has 0 amide bonds. The maximum atomic E-state index is 4.40. The average molecular weight is 292 g/mol. The van der Waals surface area contributed by atoms with E-state index in [4.69, 9.17) is 0 Å². The maximum Gasteiger partial charge on any atom is 0.132 e. The fraction of sp³-hybridized carbons (Fsp3) is 0.333. The summed E-state index contributed by atoms with van der Waals surface area (Å²) in [7, 11) is 0. The first-order valence-corrected chi connectivity index (χ1v) is 7.91. The van der Waals surface area contributed by atoms with Gasteiger partial charge in [0.25, 0.3) is 0 Å². The van der Waals surface area contributed by atoms with Gasteiger partial charge in [0, 0.05) is 42.0 Å². The summed E-state index contributed by atoms with van der Waals surface area (Å²) >= 11 is 0. The molecule has 3 aromatic rings. The number of fused-ring (bicyclic) bond motifs is 1. The molecule has 4 rings (SSSR count). The Labute approximate surface area is 130 Å². The number of aryl methyl sites for hydroxylation is 1. The topological polar surface area (TPSA) is 44.8 Å². The SMILES string of the molecule is Cc1cc(N2CCC(c3cc4ccccc4[nH]3)CC2)ncn1. The van der Waals surface area contributed by atoms with Crippen LogP contribution in [0, 0.1) is 6.92 Å². The first-order valence-electron chi connectivity index (χ1n) is 7.91. The van der Waals surface area contributed by atoms with Crippen LogP contribution in [-0.2, 0) is 0 Å². The molecule has 0 spiro atoms. The van der Waals surface area contributed by atoms with E-state index in [1.54, 1.807) is 6.33 Å². The predicted octanol–water partition coefficient (Wildman–Crippen LogP) is 3.65. The van der Waals surface area contributed by atoms with Crippen LogP contribution in [0.1, 0.15) is 30.1 Å². The molecule has 0 bridgehead atoms. The van der Waals surface area contributed by atoms with E-state index in [1.165, 1.54) is 16.6 Å². The number of para-hydroxylation sites is 1. The quantitative estimate of drug-likeness (QED) is 0.784. The standard InChI is InChI=1S/C18H20N4/c1-13-10-18(20-12-19-13)22-8-6-14(7-9-22)17-11-15-4-2-3-5-16(15)21-17/h2-5,10-12,14,21H,6-9H2,1H3. The van der Waals surface area contributed by atoms with Crippen LogP contribution < -0.4 is 4.90 Å². The van der Waals surface area contributed by atoms with Crippen molar-refractivity contribution in [3.8, 4) is 0 Å². The zero-order valence-electron chi connectivity index (χ0n) is 12.8. The molecule has 0 aliphatic carbocycles. The fourth-order valence-electron chi connectivity index (χ4n) is 3.35. The summed E-state index contributed by atoms with van der Waals surface area (Å²) in [6.07, 6.45) is 3.99. The van der Waals surface area contributed by atoms with E-state index in [-0.39, 0.29) is 0 Å². The smallest absolute Gasteiger partial charge is 0.132 e. The van der Waals surface area contributed by atoms with Crippen molar-refractivity contribution in [2.24, 2.45) is 0 Å². The summed E-state index contributed by atoms with van der Waals surface area (Å²) in [5, 5.41) is 1.31. The molecule has 22 heavy (non-hydrogen) atoms. The van der Waals surface area contributed by atoms with Gasteiger partial charge in [-0.05, 0) is 37.3 Å². The molecule has 112 valence electrons. The summed E-state index contributed by atoms with van der Waals surface area (Å²) < 4.78 is 0. The number of nitrogens with one attached hydrogen (secondary N) is 1. The van der Waals surface area contributed by atoms with E-state index in [1.807, 2.05) is 6.92 Å². The maximum absolute atomic E-state index is 4.40. The number of hydrogen-bond acceptors (Lipinski definition) is 3. The van der Waals surface area contributed by atoms with Crippen LogP contribution in [0.5, 0.6) is 0 Å². The summed E-state index contributed by atoms with van der Waals surface area (Å²) in [6.45, 7) is 4.12. The van der Waals surface area contributed by atoms with Gasteiger partial charge in [-0.15, -0.1) is 0 Å². The van der Waals surface area contributed by atoms with Crippen molar-refractivity contribution in [1.29, 1.82) is 0 Å².